The van der Waals surface area contributed by atoms with Gasteiger partial charge in [-0.2, -0.15) is 0 Å². The maximum absolute atomic E-state index is 13.7. The van der Waals surface area contributed by atoms with E-state index in [4.69, 9.17) is 11.6 Å². The number of rotatable bonds is 2. The van der Waals surface area contributed by atoms with Gasteiger partial charge in [-0.15, -0.1) is 0 Å². The van der Waals surface area contributed by atoms with Crippen molar-refractivity contribution in [2.45, 2.75) is 6.92 Å². The Morgan fingerprint density at radius 3 is 2.37 bits per heavy atom. The van der Waals surface area contributed by atoms with Gasteiger partial charge in [-0.3, -0.25) is 4.79 Å². The molecular weight excluding hydrogens is 277 g/mol. The molecule has 0 atom stereocenters. The predicted molar refractivity (Wildman–Crippen MR) is 65.9 cm³/mol. The Bertz CT molecular complexity index is 648. The van der Waals surface area contributed by atoms with Crippen LogP contribution in [0.5, 0.6) is 0 Å². The van der Waals surface area contributed by atoms with Gasteiger partial charge in [0, 0.05) is 0 Å². The Morgan fingerprint density at radius 1 is 1.05 bits per heavy atom. The molecule has 5 heteroatoms. The summed E-state index contributed by atoms with van der Waals surface area (Å²) in [5.74, 6) is -3.52. The van der Waals surface area contributed by atoms with Crippen molar-refractivity contribution in [3.05, 3.63) is 69.5 Å². The molecule has 0 amide bonds. The molecule has 0 aliphatic carbocycles. The summed E-state index contributed by atoms with van der Waals surface area (Å²) in [6, 6.07) is 5.29. The lowest BCUT2D eigenvalue weighted by Gasteiger charge is -2.07. The van der Waals surface area contributed by atoms with Gasteiger partial charge >= 0.3 is 0 Å². The van der Waals surface area contributed by atoms with Gasteiger partial charge in [-0.1, -0.05) is 17.7 Å². The van der Waals surface area contributed by atoms with E-state index in [1.54, 1.807) is 0 Å². The quantitative estimate of drug-likeness (QED) is 0.752. The van der Waals surface area contributed by atoms with E-state index in [1.165, 1.54) is 19.1 Å². The van der Waals surface area contributed by atoms with Gasteiger partial charge in [-0.05, 0) is 36.8 Å². The molecule has 0 aliphatic rings. The number of halogens is 4. The summed E-state index contributed by atoms with van der Waals surface area (Å²) in [5, 5.41) is -0.148. The van der Waals surface area contributed by atoms with Gasteiger partial charge in [0.15, 0.2) is 0 Å². The summed E-state index contributed by atoms with van der Waals surface area (Å²) in [4.78, 5) is 12.0. The summed E-state index contributed by atoms with van der Waals surface area (Å²) < 4.78 is 40.6. The van der Waals surface area contributed by atoms with Crippen molar-refractivity contribution in [2.75, 3.05) is 0 Å². The highest BCUT2D eigenvalue weighted by molar-refractivity contribution is 6.35. The Balaban J connectivity index is 2.60. The van der Waals surface area contributed by atoms with Crippen molar-refractivity contribution in [1.29, 1.82) is 0 Å². The third-order valence-electron chi connectivity index (χ3n) is 2.68. The number of carbonyl (C=O) groups excluding carboxylic acids is 1. The van der Waals surface area contributed by atoms with Crippen LogP contribution in [0, 0.1) is 24.4 Å². The van der Waals surface area contributed by atoms with Gasteiger partial charge in [0.1, 0.15) is 17.5 Å². The maximum atomic E-state index is 13.7. The standard InChI is InChI=1S/C14H8ClF3O/c1-7-5-12(18)8(6-11(7)17)14(19)13-9(15)3-2-4-10(13)16/h2-6H,1H3. The van der Waals surface area contributed by atoms with E-state index in [-0.39, 0.29) is 10.6 Å². The molecule has 2 rings (SSSR count). The third-order valence-corrected chi connectivity index (χ3v) is 3.00. The van der Waals surface area contributed by atoms with Crippen LogP contribution in [0.25, 0.3) is 0 Å². The van der Waals surface area contributed by atoms with Crippen molar-refractivity contribution < 1.29 is 18.0 Å². The highest BCUT2D eigenvalue weighted by atomic mass is 35.5. The van der Waals surface area contributed by atoms with Crippen molar-refractivity contribution >= 4 is 17.4 Å². The van der Waals surface area contributed by atoms with Crippen LogP contribution in [0.2, 0.25) is 5.02 Å². The number of hydrogen-bond acceptors (Lipinski definition) is 1. The maximum Gasteiger partial charge on any atom is 0.200 e. The Morgan fingerprint density at radius 2 is 1.74 bits per heavy atom. The molecular formula is C14H8ClF3O. The molecule has 0 radical (unpaired) electrons. The molecule has 0 spiro atoms. The lowest BCUT2D eigenvalue weighted by Crippen LogP contribution is -2.09. The Hall–Kier alpha value is -1.81. The molecule has 0 aliphatic heterocycles. The van der Waals surface area contributed by atoms with E-state index in [0.29, 0.717) is 0 Å². The molecule has 98 valence electrons. The van der Waals surface area contributed by atoms with E-state index < -0.39 is 34.4 Å². The molecule has 0 heterocycles. The third kappa shape index (κ3) is 2.49. The SMILES string of the molecule is Cc1cc(F)c(C(=O)c2c(F)cccc2Cl)cc1F. The summed E-state index contributed by atoms with van der Waals surface area (Å²) in [5.41, 5.74) is -0.949. The zero-order valence-electron chi connectivity index (χ0n) is 9.81. The minimum absolute atomic E-state index is 0.0636. The van der Waals surface area contributed by atoms with Crippen LogP contribution in [0.1, 0.15) is 21.5 Å². The zero-order valence-corrected chi connectivity index (χ0v) is 10.6. The summed E-state index contributed by atoms with van der Waals surface area (Å²) in [6.45, 7) is 1.36. The minimum atomic E-state index is -0.987. The first-order valence-electron chi connectivity index (χ1n) is 5.36. The van der Waals surface area contributed by atoms with E-state index in [9.17, 15) is 18.0 Å². The van der Waals surface area contributed by atoms with Crippen LogP contribution >= 0.6 is 11.6 Å². The Labute approximate surface area is 112 Å². The zero-order chi connectivity index (χ0) is 14.2. The normalized spacial score (nSPS) is 10.6. The van der Waals surface area contributed by atoms with Crippen LogP contribution < -0.4 is 0 Å². The second kappa shape index (κ2) is 5.05. The number of benzene rings is 2. The summed E-state index contributed by atoms with van der Waals surface area (Å²) in [7, 11) is 0. The Kier molecular flexibility index (Phi) is 3.62. The van der Waals surface area contributed by atoms with Gasteiger partial charge < -0.3 is 0 Å². The molecule has 0 saturated heterocycles. The van der Waals surface area contributed by atoms with Crippen LogP contribution in [-0.4, -0.2) is 5.78 Å². The average Bonchev–Trinajstić information content (AvgIpc) is 2.33. The van der Waals surface area contributed by atoms with Crippen molar-refractivity contribution in [1.82, 2.24) is 0 Å². The highest BCUT2D eigenvalue weighted by Gasteiger charge is 2.21. The van der Waals surface area contributed by atoms with Gasteiger partial charge in [0.25, 0.3) is 0 Å². The lowest BCUT2D eigenvalue weighted by atomic mass is 10.0. The van der Waals surface area contributed by atoms with Crippen LogP contribution in [0.15, 0.2) is 30.3 Å². The van der Waals surface area contributed by atoms with Crippen LogP contribution in [0.3, 0.4) is 0 Å². The van der Waals surface area contributed by atoms with E-state index in [0.717, 1.165) is 18.2 Å². The van der Waals surface area contributed by atoms with Gasteiger partial charge in [0.2, 0.25) is 5.78 Å². The van der Waals surface area contributed by atoms with E-state index >= 15 is 0 Å². The molecule has 0 N–H and O–H groups in total. The number of carbonyl (C=O) groups is 1. The first-order chi connectivity index (χ1) is 8.91. The number of aryl methyl sites for hydroxylation is 1. The smallest absolute Gasteiger partial charge is 0.200 e. The molecule has 0 aromatic heterocycles. The molecule has 1 nitrogen and oxygen atoms in total. The molecule has 19 heavy (non-hydrogen) atoms. The van der Waals surface area contributed by atoms with Crippen molar-refractivity contribution in [3.8, 4) is 0 Å². The van der Waals surface area contributed by atoms with Gasteiger partial charge in [0.05, 0.1) is 16.1 Å². The molecule has 2 aromatic carbocycles. The fourth-order valence-electron chi connectivity index (χ4n) is 1.67. The molecule has 0 bridgehead atoms. The number of ketones is 1. The fraction of sp³-hybridized carbons (Fsp3) is 0.0714. The monoisotopic (exact) mass is 284 g/mol. The van der Waals surface area contributed by atoms with Crippen LogP contribution in [0.4, 0.5) is 13.2 Å². The predicted octanol–water partition coefficient (Wildman–Crippen LogP) is 4.30. The fourth-order valence-corrected chi connectivity index (χ4v) is 1.92. The molecule has 0 saturated carbocycles. The summed E-state index contributed by atoms with van der Waals surface area (Å²) >= 11 is 5.72. The number of hydrogen-bond donors (Lipinski definition) is 0. The highest BCUT2D eigenvalue weighted by Crippen LogP contribution is 2.24. The molecule has 0 unspecified atom stereocenters. The van der Waals surface area contributed by atoms with Crippen molar-refractivity contribution in [3.63, 3.8) is 0 Å². The summed E-state index contributed by atoms with van der Waals surface area (Å²) in [6.07, 6.45) is 0. The molecule has 0 fully saturated rings. The van der Waals surface area contributed by atoms with E-state index in [2.05, 4.69) is 0 Å². The second-order valence-corrected chi connectivity index (χ2v) is 4.41. The van der Waals surface area contributed by atoms with E-state index in [1.807, 2.05) is 0 Å². The minimum Gasteiger partial charge on any atom is -0.288 e. The second-order valence-electron chi connectivity index (χ2n) is 4.01. The topological polar surface area (TPSA) is 17.1 Å². The van der Waals surface area contributed by atoms with Gasteiger partial charge in [-0.25, -0.2) is 13.2 Å². The first-order valence-corrected chi connectivity index (χ1v) is 5.74. The largest absolute Gasteiger partial charge is 0.288 e. The molecule has 2 aromatic rings. The van der Waals surface area contributed by atoms with Crippen LogP contribution in [-0.2, 0) is 0 Å². The average molecular weight is 285 g/mol. The van der Waals surface area contributed by atoms with Crippen molar-refractivity contribution in [2.24, 2.45) is 0 Å². The first kappa shape index (κ1) is 13.6. The lowest BCUT2D eigenvalue weighted by molar-refractivity contribution is 0.103.